The molecular weight excluding hydrogens is 324 g/mol. The summed E-state index contributed by atoms with van der Waals surface area (Å²) >= 11 is 0. The van der Waals surface area contributed by atoms with Crippen LogP contribution < -0.4 is 5.32 Å². The number of amides is 1. The van der Waals surface area contributed by atoms with Gasteiger partial charge in [-0.25, -0.2) is 18.7 Å². The molecule has 1 N–H and O–H groups in total. The fourth-order valence-corrected chi connectivity index (χ4v) is 2.51. The van der Waals surface area contributed by atoms with Gasteiger partial charge in [0.25, 0.3) is 5.91 Å². The molecule has 0 saturated heterocycles. The second-order valence-corrected chi connectivity index (χ2v) is 5.54. The normalized spacial score (nSPS) is 11.8. The number of nitrogens with one attached hydrogen (secondary N) is 1. The Bertz CT molecular complexity index is 900. The summed E-state index contributed by atoms with van der Waals surface area (Å²) in [7, 11) is 0. The molecule has 1 atom stereocenters. The molecule has 6 heteroatoms. The Morgan fingerprint density at radius 1 is 1.04 bits per heavy atom. The van der Waals surface area contributed by atoms with E-state index in [0.29, 0.717) is 22.3 Å². The highest BCUT2D eigenvalue weighted by atomic mass is 19.2. The van der Waals surface area contributed by atoms with Crippen LogP contribution in [0.4, 0.5) is 8.78 Å². The zero-order valence-corrected chi connectivity index (χ0v) is 13.4. The van der Waals surface area contributed by atoms with Gasteiger partial charge in [0, 0.05) is 23.5 Å². The summed E-state index contributed by atoms with van der Waals surface area (Å²) in [6, 6.07) is 10.1. The topological polar surface area (TPSA) is 54.9 Å². The smallest absolute Gasteiger partial charge is 0.252 e. The van der Waals surface area contributed by atoms with Crippen LogP contribution in [-0.2, 0) is 0 Å². The largest absolute Gasteiger partial charge is 0.345 e. The molecule has 25 heavy (non-hydrogen) atoms. The molecule has 1 aromatic heterocycles. The minimum absolute atomic E-state index is 0.323. The molecule has 0 aliphatic rings. The summed E-state index contributed by atoms with van der Waals surface area (Å²) in [6.07, 6.45) is 4.66. The molecule has 0 bridgehead atoms. The second-order valence-electron chi connectivity index (χ2n) is 5.54. The second kappa shape index (κ2) is 7.17. The molecule has 0 radical (unpaired) electrons. The molecule has 0 fully saturated rings. The van der Waals surface area contributed by atoms with Crippen LogP contribution in [0, 0.1) is 11.6 Å². The van der Waals surface area contributed by atoms with Crippen LogP contribution in [0.25, 0.3) is 11.1 Å². The van der Waals surface area contributed by atoms with Crippen molar-refractivity contribution >= 4 is 5.91 Å². The number of hydrogen-bond acceptors (Lipinski definition) is 3. The molecule has 0 aliphatic carbocycles. The van der Waals surface area contributed by atoms with Crippen molar-refractivity contribution in [3.05, 3.63) is 83.9 Å². The maximum Gasteiger partial charge on any atom is 0.252 e. The highest BCUT2D eigenvalue weighted by molar-refractivity contribution is 6.00. The Morgan fingerprint density at radius 3 is 2.48 bits per heavy atom. The van der Waals surface area contributed by atoms with Crippen molar-refractivity contribution in [1.29, 1.82) is 0 Å². The highest BCUT2D eigenvalue weighted by Crippen LogP contribution is 2.23. The van der Waals surface area contributed by atoms with E-state index in [1.165, 1.54) is 12.4 Å². The summed E-state index contributed by atoms with van der Waals surface area (Å²) in [5.41, 5.74) is 2.34. The molecule has 1 heterocycles. The maximum absolute atomic E-state index is 13.4. The van der Waals surface area contributed by atoms with E-state index in [2.05, 4.69) is 15.3 Å². The van der Waals surface area contributed by atoms with E-state index in [4.69, 9.17) is 0 Å². The van der Waals surface area contributed by atoms with Gasteiger partial charge in [-0.2, -0.15) is 0 Å². The van der Waals surface area contributed by atoms with Gasteiger partial charge in [-0.15, -0.1) is 0 Å². The summed E-state index contributed by atoms with van der Waals surface area (Å²) in [6.45, 7) is 1.71. The number of halogens is 2. The van der Waals surface area contributed by atoms with E-state index >= 15 is 0 Å². The number of nitrogens with zero attached hydrogens (tertiary/aromatic N) is 2. The third-order valence-corrected chi connectivity index (χ3v) is 3.83. The van der Waals surface area contributed by atoms with Gasteiger partial charge in [0.05, 0.1) is 6.04 Å². The molecule has 3 rings (SSSR count). The van der Waals surface area contributed by atoms with E-state index in [9.17, 15) is 13.6 Å². The Kier molecular flexibility index (Phi) is 4.79. The lowest BCUT2D eigenvalue weighted by Gasteiger charge is -2.16. The van der Waals surface area contributed by atoms with Crippen molar-refractivity contribution < 1.29 is 13.6 Å². The van der Waals surface area contributed by atoms with Gasteiger partial charge in [-0.1, -0.05) is 24.3 Å². The van der Waals surface area contributed by atoms with Crippen LogP contribution in [0.15, 0.2) is 61.2 Å². The van der Waals surface area contributed by atoms with Crippen molar-refractivity contribution in [2.45, 2.75) is 13.0 Å². The first-order valence-corrected chi connectivity index (χ1v) is 7.66. The maximum atomic E-state index is 13.4. The summed E-state index contributed by atoms with van der Waals surface area (Å²) in [5.74, 6) is -2.19. The summed E-state index contributed by atoms with van der Waals surface area (Å²) in [5, 5.41) is 2.80. The monoisotopic (exact) mass is 339 g/mol. The lowest BCUT2D eigenvalue weighted by atomic mass is 10.0. The fraction of sp³-hybridized carbons (Fsp3) is 0.105. The molecule has 0 unspecified atom stereocenters. The lowest BCUT2D eigenvalue weighted by molar-refractivity contribution is 0.0940. The first kappa shape index (κ1) is 16.7. The minimum atomic E-state index is -0.944. The predicted octanol–water partition coefficient (Wildman–Crippen LogP) is 3.91. The van der Waals surface area contributed by atoms with Gasteiger partial charge in [0.1, 0.15) is 6.33 Å². The molecule has 0 spiro atoms. The minimum Gasteiger partial charge on any atom is -0.345 e. The van der Waals surface area contributed by atoms with E-state index in [1.807, 2.05) is 6.07 Å². The van der Waals surface area contributed by atoms with Gasteiger partial charge >= 0.3 is 0 Å². The number of carbonyl (C=O) groups is 1. The first-order chi connectivity index (χ1) is 12.1. The van der Waals surface area contributed by atoms with Crippen molar-refractivity contribution in [3.63, 3.8) is 0 Å². The van der Waals surface area contributed by atoms with E-state index in [0.717, 1.165) is 12.1 Å². The van der Waals surface area contributed by atoms with E-state index in [-0.39, 0.29) is 5.91 Å². The van der Waals surface area contributed by atoms with Crippen molar-refractivity contribution in [1.82, 2.24) is 15.3 Å². The van der Waals surface area contributed by atoms with Crippen molar-refractivity contribution in [2.24, 2.45) is 0 Å². The van der Waals surface area contributed by atoms with Gasteiger partial charge in [0.2, 0.25) is 0 Å². The number of carbonyl (C=O) groups excluding carboxylic acids is 1. The van der Waals surface area contributed by atoms with Gasteiger partial charge in [-0.05, 0) is 36.2 Å². The van der Waals surface area contributed by atoms with E-state index < -0.39 is 17.7 Å². The molecule has 4 nitrogen and oxygen atoms in total. The molecule has 1 amide bonds. The molecular formula is C19H15F2N3O. The molecule has 0 saturated carbocycles. The van der Waals surface area contributed by atoms with Crippen LogP contribution in [0.5, 0.6) is 0 Å². The Balaban J connectivity index is 1.85. The summed E-state index contributed by atoms with van der Waals surface area (Å²) < 4.78 is 26.4. The zero-order valence-electron chi connectivity index (χ0n) is 13.4. The highest BCUT2D eigenvalue weighted by Gasteiger charge is 2.16. The quantitative estimate of drug-likeness (QED) is 0.784. The standard InChI is InChI=1S/C19H15F2N3O/c1-12(13-6-7-17(20)18(21)8-13)24-19(25)16-5-3-2-4-15(16)14-9-22-11-23-10-14/h2-12H,1H3,(H,24,25)/t12-/m0/s1. The number of rotatable bonds is 4. The SMILES string of the molecule is C[C@H](NC(=O)c1ccccc1-c1cncnc1)c1ccc(F)c(F)c1. The van der Waals surface area contributed by atoms with Gasteiger partial charge in [-0.3, -0.25) is 4.79 Å². The van der Waals surface area contributed by atoms with Crippen molar-refractivity contribution in [2.75, 3.05) is 0 Å². The average Bonchev–Trinajstić information content (AvgIpc) is 2.64. The number of benzene rings is 2. The van der Waals surface area contributed by atoms with Gasteiger partial charge in [0.15, 0.2) is 11.6 Å². The number of hydrogen-bond donors (Lipinski definition) is 1. The zero-order chi connectivity index (χ0) is 17.8. The molecule has 2 aromatic carbocycles. The Morgan fingerprint density at radius 2 is 1.76 bits per heavy atom. The first-order valence-electron chi connectivity index (χ1n) is 7.66. The van der Waals surface area contributed by atoms with Crippen LogP contribution in [0.3, 0.4) is 0 Å². The molecule has 3 aromatic rings. The summed E-state index contributed by atoms with van der Waals surface area (Å²) in [4.78, 5) is 20.6. The van der Waals surface area contributed by atoms with Crippen LogP contribution >= 0.6 is 0 Å². The lowest BCUT2D eigenvalue weighted by Crippen LogP contribution is -2.27. The van der Waals surface area contributed by atoms with Gasteiger partial charge < -0.3 is 5.32 Å². The third kappa shape index (κ3) is 3.68. The van der Waals surface area contributed by atoms with E-state index in [1.54, 1.807) is 37.5 Å². The van der Waals surface area contributed by atoms with Crippen LogP contribution in [0.2, 0.25) is 0 Å². The fourth-order valence-electron chi connectivity index (χ4n) is 2.51. The average molecular weight is 339 g/mol. The predicted molar refractivity (Wildman–Crippen MR) is 89.7 cm³/mol. The Labute approximate surface area is 143 Å². The molecule has 0 aliphatic heterocycles. The van der Waals surface area contributed by atoms with Crippen molar-refractivity contribution in [3.8, 4) is 11.1 Å². The van der Waals surface area contributed by atoms with Crippen LogP contribution in [-0.4, -0.2) is 15.9 Å². The molecule has 126 valence electrons. The van der Waals surface area contributed by atoms with Crippen LogP contribution in [0.1, 0.15) is 28.9 Å². The third-order valence-electron chi connectivity index (χ3n) is 3.83. The Hall–Kier alpha value is -3.15. The number of aromatic nitrogens is 2.